The van der Waals surface area contributed by atoms with Gasteiger partial charge in [0.05, 0.1) is 5.52 Å². The number of rotatable bonds is 5. The van der Waals surface area contributed by atoms with Gasteiger partial charge in [-0.15, -0.1) is 0 Å². The van der Waals surface area contributed by atoms with E-state index in [1.165, 1.54) is 19.3 Å². The van der Waals surface area contributed by atoms with Crippen LogP contribution in [0.3, 0.4) is 0 Å². The number of nitrogen functional groups attached to an aromatic ring is 1. The minimum absolute atomic E-state index is 0.233. The maximum atomic E-state index is 5.90. The van der Waals surface area contributed by atoms with Crippen LogP contribution in [0, 0.1) is 0 Å². The van der Waals surface area contributed by atoms with Crippen LogP contribution in [-0.4, -0.2) is 44.5 Å². The predicted octanol–water partition coefficient (Wildman–Crippen LogP) is 1.40. The van der Waals surface area contributed by atoms with Gasteiger partial charge in [-0.3, -0.25) is 0 Å². The Morgan fingerprint density at radius 1 is 1.16 bits per heavy atom. The number of fused-ring (bicyclic) bond motifs is 1. The van der Waals surface area contributed by atoms with E-state index in [4.69, 9.17) is 21.1 Å². The highest BCUT2D eigenvalue weighted by atomic mass is 16.6. The Morgan fingerprint density at radius 3 is 2.72 bits per heavy atom. The van der Waals surface area contributed by atoms with Gasteiger partial charge in [0, 0.05) is 25.8 Å². The van der Waals surface area contributed by atoms with Gasteiger partial charge in [-0.25, -0.2) is 14.6 Å². The number of pyridine rings is 1. The summed E-state index contributed by atoms with van der Waals surface area (Å²) in [5.41, 5.74) is 13.9. The highest BCUT2D eigenvalue weighted by Crippen LogP contribution is 2.31. The first-order chi connectivity index (χ1) is 12.3. The molecule has 3 aromatic rings. The van der Waals surface area contributed by atoms with Crippen molar-refractivity contribution in [2.24, 2.45) is 5.73 Å². The van der Waals surface area contributed by atoms with E-state index in [0.717, 1.165) is 42.9 Å². The van der Waals surface area contributed by atoms with Crippen molar-refractivity contribution in [3.63, 3.8) is 0 Å². The number of piperidine rings is 1. The first kappa shape index (κ1) is 15.8. The summed E-state index contributed by atoms with van der Waals surface area (Å²) in [6.45, 7) is 3.32. The van der Waals surface area contributed by atoms with Crippen LogP contribution >= 0.6 is 0 Å². The van der Waals surface area contributed by atoms with Crippen molar-refractivity contribution in [3.8, 4) is 11.5 Å². The number of nitrogens with two attached hydrogens (primary N) is 2. The molecule has 0 saturated carbocycles. The molecule has 4 heterocycles. The molecule has 4 rings (SSSR count). The SMILES string of the molecule is NCCCn1c(-c2nonc2N)nc2c(N3CCCCC3)nccc21. The zero-order chi connectivity index (χ0) is 17.2. The third kappa shape index (κ3) is 2.80. The largest absolute Gasteiger partial charge is 0.379 e. The van der Waals surface area contributed by atoms with Gasteiger partial charge < -0.3 is 20.9 Å². The fraction of sp³-hybridized carbons (Fsp3) is 0.500. The van der Waals surface area contributed by atoms with Crippen molar-refractivity contribution in [2.75, 3.05) is 30.3 Å². The van der Waals surface area contributed by atoms with Crippen LogP contribution in [0.15, 0.2) is 16.9 Å². The van der Waals surface area contributed by atoms with Gasteiger partial charge >= 0.3 is 0 Å². The van der Waals surface area contributed by atoms with Gasteiger partial charge in [0.15, 0.2) is 23.2 Å². The van der Waals surface area contributed by atoms with Crippen molar-refractivity contribution in [1.82, 2.24) is 24.8 Å². The smallest absolute Gasteiger partial charge is 0.199 e. The summed E-state index contributed by atoms with van der Waals surface area (Å²) in [5, 5.41) is 7.62. The summed E-state index contributed by atoms with van der Waals surface area (Å²) in [6, 6.07) is 1.97. The first-order valence-electron chi connectivity index (χ1n) is 8.68. The van der Waals surface area contributed by atoms with E-state index in [1.807, 2.05) is 12.3 Å². The average Bonchev–Trinajstić information content (AvgIpc) is 3.23. The maximum absolute atomic E-state index is 5.90. The van der Waals surface area contributed by atoms with Crippen molar-refractivity contribution in [1.29, 1.82) is 0 Å². The third-order valence-corrected chi connectivity index (χ3v) is 4.61. The van der Waals surface area contributed by atoms with E-state index in [9.17, 15) is 0 Å². The Hall–Kier alpha value is -2.68. The molecular formula is C16H22N8O. The van der Waals surface area contributed by atoms with Gasteiger partial charge in [-0.1, -0.05) is 0 Å². The van der Waals surface area contributed by atoms with Crippen molar-refractivity contribution >= 4 is 22.7 Å². The highest BCUT2D eigenvalue weighted by Gasteiger charge is 2.23. The molecule has 0 atom stereocenters. The van der Waals surface area contributed by atoms with E-state index in [2.05, 4.69) is 24.8 Å². The minimum atomic E-state index is 0.233. The summed E-state index contributed by atoms with van der Waals surface area (Å²) in [5.74, 6) is 1.80. The number of hydrogen-bond donors (Lipinski definition) is 2. The quantitative estimate of drug-likeness (QED) is 0.713. The molecule has 1 fully saturated rings. The molecule has 0 aliphatic carbocycles. The summed E-state index contributed by atoms with van der Waals surface area (Å²) < 4.78 is 6.85. The molecular weight excluding hydrogens is 320 g/mol. The number of nitrogens with zero attached hydrogens (tertiary/aromatic N) is 6. The summed E-state index contributed by atoms with van der Waals surface area (Å²) >= 11 is 0. The Labute approximate surface area is 145 Å². The van der Waals surface area contributed by atoms with Gasteiger partial charge in [-0.2, -0.15) is 0 Å². The summed E-state index contributed by atoms with van der Waals surface area (Å²) in [7, 11) is 0. The Morgan fingerprint density at radius 2 is 2.00 bits per heavy atom. The zero-order valence-electron chi connectivity index (χ0n) is 14.1. The van der Waals surface area contributed by atoms with Crippen molar-refractivity contribution < 1.29 is 4.63 Å². The highest BCUT2D eigenvalue weighted by molar-refractivity contribution is 5.90. The van der Waals surface area contributed by atoms with Gasteiger partial charge in [-0.05, 0) is 48.6 Å². The Bertz CT molecular complexity index is 864. The Balaban J connectivity index is 1.87. The average molecular weight is 342 g/mol. The van der Waals surface area contributed by atoms with Crippen molar-refractivity contribution in [2.45, 2.75) is 32.2 Å². The molecule has 9 nitrogen and oxygen atoms in total. The lowest BCUT2D eigenvalue weighted by molar-refractivity contribution is 0.310. The summed E-state index contributed by atoms with van der Waals surface area (Å²) in [4.78, 5) is 11.7. The molecule has 1 aliphatic rings. The zero-order valence-corrected chi connectivity index (χ0v) is 14.1. The standard InChI is InChI=1S/C16H22N8O/c17-6-4-10-24-11-5-7-19-15(23-8-2-1-3-9-23)12(11)20-16(24)13-14(18)22-25-21-13/h5,7H,1-4,6,8-10,17H2,(H2,18,22). The van der Waals surface area contributed by atoms with E-state index in [-0.39, 0.29) is 5.82 Å². The van der Waals surface area contributed by atoms with Crippen LogP contribution in [0.5, 0.6) is 0 Å². The molecule has 132 valence electrons. The molecule has 3 aromatic heterocycles. The minimum Gasteiger partial charge on any atom is -0.379 e. The Kier molecular flexibility index (Phi) is 4.22. The van der Waals surface area contributed by atoms with Crippen LogP contribution < -0.4 is 16.4 Å². The van der Waals surface area contributed by atoms with Crippen LogP contribution in [0.2, 0.25) is 0 Å². The molecule has 25 heavy (non-hydrogen) atoms. The molecule has 0 spiro atoms. The number of anilines is 2. The van der Waals surface area contributed by atoms with Crippen LogP contribution in [0.25, 0.3) is 22.6 Å². The maximum Gasteiger partial charge on any atom is 0.199 e. The van der Waals surface area contributed by atoms with Crippen LogP contribution in [0.1, 0.15) is 25.7 Å². The molecule has 4 N–H and O–H groups in total. The fourth-order valence-corrected chi connectivity index (χ4v) is 3.38. The molecule has 0 amide bonds. The third-order valence-electron chi connectivity index (χ3n) is 4.61. The second-order valence-electron chi connectivity index (χ2n) is 6.28. The number of hydrogen-bond acceptors (Lipinski definition) is 8. The van der Waals surface area contributed by atoms with Gasteiger partial charge in [0.1, 0.15) is 5.52 Å². The van der Waals surface area contributed by atoms with Crippen LogP contribution in [-0.2, 0) is 6.54 Å². The second kappa shape index (κ2) is 6.67. The predicted molar refractivity (Wildman–Crippen MR) is 95.0 cm³/mol. The van der Waals surface area contributed by atoms with E-state index in [1.54, 1.807) is 0 Å². The molecule has 0 aromatic carbocycles. The molecule has 1 saturated heterocycles. The lowest BCUT2D eigenvalue weighted by atomic mass is 10.1. The first-order valence-corrected chi connectivity index (χ1v) is 8.68. The van der Waals surface area contributed by atoms with E-state index < -0.39 is 0 Å². The molecule has 0 radical (unpaired) electrons. The molecule has 1 aliphatic heterocycles. The summed E-state index contributed by atoms with van der Waals surface area (Å²) in [6.07, 6.45) is 6.29. The number of aromatic nitrogens is 5. The van der Waals surface area contributed by atoms with Crippen molar-refractivity contribution in [3.05, 3.63) is 12.3 Å². The monoisotopic (exact) mass is 342 g/mol. The van der Waals surface area contributed by atoms with Gasteiger partial charge in [0.25, 0.3) is 0 Å². The van der Waals surface area contributed by atoms with Gasteiger partial charge in [0.2, 0.25) is 0 Å². The fourth-order valence-electron chi connectivity index (χ4n) is 3.38. The molecule has 0 bridgehead atoms. The molecule has 9 heteroatoms. The second-order valence-corrected chi connectivity index (χ2v) is 6.28. The lowest BCUT2D eigenvalue weighted by Crippen LogP contribution is -2.30. The normalized spacial score (nSPS) is 15.2. The van der Waals surface area contributed by atoms with E-state index in [0.29, 0.717) is 18.1 Å². The van der Waals surface area contributed by atoms with E-state index >= 15 is 0 Å². The molecule has 0 unspecified atom stereocenters. The van der Waals surface area contributed by atoms with Crippen LogP contribution in [0.4, 0.5) is 11.6 Å². The number of aryl methyl sites for hydroxylation is 1. The topological polar surface area (TPSA) is 125 Å². The number of imidazole rings is 1. The lowest BCUT2D eigenvalue weighted by Gasteiger charge is -2.27.